The van der Waals surface area contributed by atoms with Crippen LogP contribution in [-0.2, 0) is 4.74 Å². The van der Waals surface area contributed by atoms with Crippen molar-refractivity contribution in [3.05, 3.63) is 23.8 Å². The van der Waals surface area contributed by atoms with Gasteiger partial charge in [-0.15, -0.1) is 0 Å². The van der Waals surface area contributed by atoms with E-state index in [1.54, 1.807) is 12.1 Å². The first kappa shape index (κ1) is 12.7. The van der Waals surface area contributed by atoms with Crippen molar-refractivity contribution in [1.82, 2.24) is 0 Å². The predicted molar refractivity (Wildman–Crippen MR) is 72.4 cm³/mol. The summed E-state index contributed by atoms with van der Waals surface area (Å²) in [6.45, 7) is 4.59. The molecule has 0 aliphatic carbocycles. The third kappa shape index (κ3) is 2.74. The predicted octanol–water partition coefficient (Wildman–Crippen LogP) is 2.15. The first-order valence-electron chi connectivity index (χ1n) is 6.40. The largest absolute Gasteiger partial charge is 0.397 e. The maximum Gasteiger partial charge on any atom is 0.0992 e. The van der Waals surface area contributed by atoms with Crippen molar-refractivity contribution in [1.29, 1.82) is 5.26 Å². The molecule has 1 aromatic rings. The minimum atomic E-state index is 0.272. The average Bonchev–Trinajstić information content (AvgIpc) is 2.40. The van der Waals surface area contributed by atoms with Crippen LogP contribution in [0.2, 0.25) is 0 Å². The Kier molecular flexibility index (Phi) is 4.06. The Morgan fingerprint density at radius 3 is 3.11 bits per heavy atom. The molecule has 18 heavy (non-hydrogen) atoms. The van der Waals surface area contributed by atoms with Crippen LogP contribution in [0.1, 0.15) is 25.3 Å². The minimum Gasteiger partial charge on any atom is -0.397 e. The number of piperidine rings is 1. The summed E-state index contributed by atoms with van der Waals surface area (Å²) in [6, 6.07) is 7.58. The molecule has 0 radical (unpaired) electrons. The quantitative estimate of drug-likeness (QED) is 0.829. The van der Waals surface area contributed by atoms with Crippen molar-refractivity contribution in [2.24, 2.45) is 0 Å². The highest BCUT2D eigenvalue weighted by Gasteiger charge is 2.21. The smallest absolute Gasteiger partial charge is 0.0992 e. The number of ether oxygens (including phenoxy) is 1. The number of hydrogen-bond acceptors (Lipinski definition) is 4. The number of hydrogen-bond donors (Lipinski definition) is 1. The van der Waals surface area contributed by atoms with E-state index in [1.165, 1.54) is 0 Å². The van der Waals surface area contributed by atoms with Crippen molar-refractivity contribution >= 4 is 11.4 Å². The van der Waals surface area contributed by atoms with E-state index < -0.39 is 0 Å². The fourth-order valence-electron chi connectivity index (χ4n) is 2.42. The number of nitriles is 1. The molecular weight excluding hydrogens is 226 g/mol. The molecular formula is C14H19N3O. The van der Waals surface area contributed by atoms with Crippen LogP contribution in [0.25, 0.3) is 0 Å². The van der Waals surface area contributed by atoms with E-state index in [9.17, 15) is 0 Å². The minimum absolute atomic E-state index is 0.272. The molecule has 0 amide bonds. The first-order valence-corrected chi connectivity index (χ1v) is 6.40. The van der Waals surface area contributed by atoms with Crippen LogP contribution >= 0.6 is 0 Å². The van der Waals surface area contributed by atoms with E-state index in [0.29, 0.717) is 5.56 Å². The maximum absolute atomic E-state index is 8.95. The van der Waals surface area contributed by atoms with E-state index in [1.807, 2.05) is 13.0 Å². The number of nitrogens with two attached hydrogens (primary N) is 1. The molecule has 1 aliphatic rings. The van der Waals surface area contributed by atoms with Crippen LogP contribution in [0.4, 0.5) is 11.4 Å². The molecule has 0 saturated carbocycles. The molecule has 1 aromatic carbocycles. The first-order chi connectivity index (χ1) is 8.74. The number of nitrogens with zero attached hydrogens (tertiary/aromatic N) is 2. The number of rotatable bonds is 3. The van der Waals surface area contributed by atoms with Gasteiger partial charge < -0.3 is 15.4 Å². The lowest BCUT2D eigenvalue weighted by Crippen LogP contribution is -2.40. The Hall–Kier alpha value is -1.73. The summed E-state index contributed by atoms with van der Waals surface area (Å²) < 4.78 is 5.68. The van der Waals surface area contributed by atoms with Crippen molar-refractivity contribution in [3.8, 4) is 6.07 Å². The molecule has 0 bridgehead atoms. The lowest BCUT2D eigenvalue weighted by atomic mass is 10.1. The van der Waals surface area contributed by atoms with Crippen LogP contribution in [0.3, 0.4) is 0 Å². The van der Waals surface area contributed by atoms with Gasteiger partial charge in [-0.25, -0.2) is 0 Å². The van der Waals surface area contributed by atoms with E-state index in [-0.39, 0.29) is 6.10 Å². The monoisotopic (exact) mass is 245 g/mol. The molecule has 1 fully saturated rings. The zero-order valence-electron chi connectivity index (χ0n) is 10.7. The van der Waals surface area contributed by atoms with Gasteiger partial charge in [0.05, 0.1) is 29.1 Å². The highest BCUT2D eigenvalue weighted by molar-refractivity contribution is 5.69. The van der Waals surface area contributed by atoms with Gasteiger partial charge in [0.25, 0.3) is 0 Å². The molecule has 4 nitrogen and oxygen atoms in total. The van der Waals surface area contributed by atoms with Gasteiger partial charge in [-0.05, 0) is 38.0 Å². The number of anilines is 2. The van der Waals surface area contributed by atoms with E-state index in [4.69, 9.17) is 15.7 Å². The Labute approximate surface area is 108 Å². The summed E-state index contributed by atoms with van der Waals surface area (Å²) in [5.41, 5.74) is 8.34. The zero-order valence-corrected chi connectivity index (χ0v) is 10.7. The third-order valence-corrected chi connectivity index (χ3v) is 3.28. The molecule has 1 atom stereocenters. The lowest BCUT2D eigenvalue weighted by Gasteiger charge is -2.34. The van der Waals surface area contributed by atoms with E-state index >= 15 is 0 Å². The van der Waals surface area contributed by atoms with Crippen molar-refractivity contribution < 1.29 is 4.74 Å². The van der Waals surface area contributed by atoms with E-state index in [0.717, 1.165) is 43.9 Å². The molecule has 96 valence electrons. The topological polar surface area (TPSA) is 62.3 Å². The Balaban J connectivity index is 2.17. The Bertz CT molecular complexity index is 451. The van der Waals surface area contributed by atoms with Crippen LogP contribution in [-0.4, -0.2) is 25.8 Å². The SMILES string of the molecule is CCOC1CCCN(c2cc(C#N)ccc2N)C1. The normalized spacial score (nSPS) is 19.6. The summed E-state index contributed by atoms with van der Waals surface area (Å²) >= 11 is 0. The standard InChI is InChI=1S/C14H19N3O/c1-2-18-12-4-3-7-17(10-12)14-8-11(9-15)5-6-13(14)16/h5-6,8,12H,2-4,7,10,16H2,1H3. The van der Waals surface area contributed by atoms with Crippen LogP contribution in [0.5, 0.6) is 0 Å². The van der Waals surface area contributed by atoms with Gasteiger partial charge >= 0.3 is 0 Å². The van der Waals surface area contributed by atoms with Gasteiger partial charge in [-0.1, -0.05) is 0 Å². The summed E-state index contributed by atoms with van der Waals surface area (Å²) in [5, 5.41) is 8.95. The zero-order chi connectivity index (χ0) is 13.0. The Morgan fingerprint density at radius 2 is 2.39 bits per heavy atom. The van der Waals surface area contributed by atoms with Gasteiger partial charge in [0.2, 0.25) is 0 Å². The van der Waals surface area contributed by atoms with Crippen molar-refractivity contribution in [2.45, 2.75) is 25.9 Å². The third-order valence-electron chi connectivity index (χ3n) is 3.28. The molecule has 1 heterocycles. The number of nitrogen functional groups attached to an aromatic ring is 1. The molecule has 2 N–H and O–H groups in total. The molecule has 2 rings (SSSR count). The summed E-state index contributed by atoms with van der Waals surface area (Å²) in [6.07, 6.45) is 2.47. The fraction of sp³-hybridized carbons (Fsp3) is 0.500. The second-order valence-electron chi connectivity index (χ2n) is 4.55. The highest BCUT2D eigenvalue weighted by Crippen LogP contribution is 2.28. The van der Waals surface area contributed by atoms with Gasteiger partial charge in [0.15, 0.2) is 0 Å². The van der Waals surface area contributed by atoms with Crippen molar-refractivity contribution in [2.75, 3.05) is 30.3 Å². The second-order valence-corrected chi connectivity index (χ2v) is 4.55. The molecule has 0 spiro atoms. The molecule has 0 aromatic heterocycles. The average molecular weight is 245 g/mol. The van der Waals surface area contributed by atoms with Crippen LogP contribution in [0.15, 0.2) is 18.2 Å². The fourth-order valence-corrected chi connectivity index (χ4v) is 2.42. The van der Waals surface area contributed by atoms with Crippen molar-refractivity contribution in [3.63, 3.8) is 0 Å². The molecule has 4 heteroatoms. The summed E-state index contributed by atoms with van der Waals surface area (Å²) in [5.74, 6) is 0. The summed E-state index contributed by atoms with van der Waals surface area (Å²) in [4.78, 5) is 2.22. The van der Waals surface area contributed by atoms with Crippen LogP contribution < -0.4 is 10.6 Å². The second kappa shape index (κ2) is 5.74. The molecule has 1 aliphatic heterocycles. The van der Waals surface area contributed by atoms with E-state index in [2.05, 4.69) is 11.0 Å². The highest BCUT2D eigenvalue weighted by atomic mass is 16.5. The van der Waals surface area contributed by atoms with Gasteiger partial charge in [0.1, 0.15) is 0 Å². The summed E-state index contributed by atoms with van der Waals surface area (Å²) in [7, 11) is 0. The van der Waals surface area contributed by atoms with Gasteiger partial charge in [-0.2, -0.15) is 5.26 Å². The van der Waals surface area contributed by atoms with Gasteiger partial charge in [-0.3, -0.25) is 0 Å². The Morgan fingerprint density at radius 1 is 1.56 bits per heavy atom. The number of benzene rings is 1. The van der Waals surface area contributed by atoms with Crippen LogP contribution in [0, 0.1) is 11.3 Å². The molecule has 1 unspecified atom stereocenters. The lowest BCUT2D eigenvalue weighted by molar-refractivity contribution is 0.0527. The molecule has 1 saturated heterocycles. The maximum atomic E-state index is 8.95. The van der Waals surface area contributed by atoms with Gasteiger partial charge in [0, 0.05) is 19.7 Å².